The first-order valence-electron chi connectivity index (χ1n) is 8.81. The van der Waals surface area contributed by atoms with Crippen molar-refractivity contribution < 1.29 is 19.1 Å². The zero-order chi connectivity index (χ0) is 21.4. The van der Waals surface area contributed by atoms with E-state index in [1.165, 1.54) is 13.0 Å². The standard InChI is InChI=1S/C20H21Cl2N3O4/c1-12(29-18-8-5-15(21)11-17(18)22)19(27)25-16-6-3-14(4-7-16)20(28)24-10-9-23-13(2)26/h3-8,11-12H,9-10H2,1-2H3,(H,23,26)(H,24,28)(H,25,27). The topological polar surface area (TPSA) is 96.5 Å². The van der Waals surface area contributed by atoms with Gasteiger partial charge in [-0.2, -0.15) is 0 Å². The van der Waals surface area contributed by atoms with Crippen molar-refractivity contribution in [2.45, 2.75) is 20.0 Å². The van der Waals surface area contributed by atoms with Gasteiger partial charge in [0.1, 0.15) is 5.75 Å². The van der Waals surface area contributed by atoms with Crippen LogP contribution in [0.3, 0.4) is 0 Å². The summed E-state index contributed by atoms with van der Waals surface area (Å²) >= 11 is 11.9. The van der Waals surface area contributed by atoms with Crippen LogP contribution in [-0.4, -0.2) is 36.9 Å². The van der Waals surface area contributed by atoms with E-state index in [1.807, 2.05) is 0 Å². The monoisotopic (exact) mass is 437 g/mol. The largest absolute Gasteiger partial charge is 0.479 e. The highest BCUT2D eigenvalue weighted by Crippen LogP contribution is 2.28. The van der Waals surface area contributed by atoms with Crippen molar-refractivity contribution in [1.82, 2.24) is 10.6 Å². The number of amides is 3. The Kier molecular flexibility index (Phi) is 8.30. The Hall–Kier alpha value is -2.77. The van der Waals surface area contributed by atoms with Gasteiger partial charge in [-0.15, -0.1) is 0 Å². The molecule has 2 rings (SSSR count). The summed E-state index contributed by atoms with van der Waals surface area (Å²) in [5.41, 5.74) is 0.950. The van der Waals surface area contributed by atoms with Crippen molar-refractivity contribution in [2.24, 2.45) is 0 Å². The van der Waals surface area contributed by atoms with Crippen molar-refractivity contribution in [3.05, 3.63) is 58.1 Å². The molecule has 1 atom stereocenters. The highest BCUT2D eigenvalue weighted by atomic mass is 35.5. The molecule has 0 radical (unpaired) electrons. The van der Waals surface area contributed by atoms with Gasteiger partial charge in [0, 0.05) is 36.3 Å². The lowest BCUT2D eigenvalue weighted by Crippen LogP contribution is -2.33. The van der Waals surface area contributed by atoms with Crippen LogP contribution >= 0.6 is 23.2 Å². The van der Waals surface area contributed by atoms with Gasteiger partial charge in [0.25, 0.3) is 11.8 Å². The number of anilines is 1. The summed E-state index contributed by atoms with van der Waals surface area (Å²) in [6.45, 7) is 3.67. The Morgan fingerprint density at radius 1 is 1.00 bits per heavy atom. The van der Waals surface area contributed by atoms with Crippen LogP contribution in [0.2, 0.25) is 10.0 Å². The third kappa shape index (κ3) is 7.29. The van der Waals surface area contributed by atoms with Crippen molar-refractivity contribution in [1.29, 1.82) is 0 Å². The zero-order valence-electron chi connectivity index (χ0n) is 15.9. The lowest BCUT2D eigenvalue weighted by atomic mass is 10.2. The maximum absolute atomic E-state index is 12.3. The maximum atomic E-state index is 12.3. The summed E-state index contributed by atoms with van der Waals surface area (Å²) in [5.74, 6) is -0.452. The molecule has 0 aromatic heterocycles. The molecule has 0 saturated carbocycles. The van der Waals surface area contributed by atoms with E-state index < -0.39 is 6.10 Å². The predicted molar refractivity (Wildman–Crippen MR) is 113 cm³/mol. The van der Waals surface area contributed by atoms with Crippen molar-refractivity contribution in [3.8, 4) is 5.75 Å². The summed E-state index contributed by atoms with van der Waals surface area (Å²) < 4.78 is 5.57. The fraction of sp³-hybridized carbons (Fsp3) is 0.250. The van der Waals surface area contributed by atoms with Gasteiger partial charge in [0.2, 0.25) is 5.91 Å². The van der Waals surface area contributed by atoms with Crippen LogP contribution < -0.4 is 20.7 Å². The molecule has 2 aromatic carbocycles. The smallest absolute Gasteiger partial charge is 0.265 e. The molecule has 7 nitrogen and oxygen atoms in total. The van der Waals surface area contributed by atoms with Gasteiger partial charge in [0.15, 0.2) is 6.10 Å². The zero-order valence-corrected chi connectivity index (χ0v) is 17.4. The van der Waals surface area contributed by atoms with E-state index in [4.69, 9.17) is 27.9 Å². The molecule has 154 valence electrons. The fourth-order valence-corrected chi connectivity index (χ4v) is 2.73. The summed E-state index contributed by atoms with van der Waals surface area (Å²) in [4.78, 5) is 35.1. The fourth-order valence-electron chi connectivity index (χ4n) is 2.28. The van der Waals surface area contributed by atoms with Crippen LogP contribution in [0.15, 0.2) is 42.5 Å². The molecule has 29 heavy (non-hydrogen) atoms. The predicted octanol–water partition coefficient (Wildman–Crippen LogP) is 3.27. The van der Waals surface area contributed by atoms with Crippen LogP contribution in [0.5, 0.6) is 5.75 Å². The minimum atomic E-state index is -0.801. The third-order valence-corrected chi connectivity index (χ3v) is 4.30. The van der Waals surface area contributed by atoms with Gasteiger partial charge >= 0.3 is 0 Å². The van der Waals surface area contributed by atoms with Crippen molar-refractivity contribution >= 4 is 46.6 Å². The molecule has 1 unspecified atom stereocenters. The Morgan fingerprint density at radius 2 is 1.66 bits per heavy atom. The van der Waals surface area contributed by atoms with E-state index in [0.717, 1.165) is 0 Å². The van der Waals surface area contributed by atoms with Gasteiger partial charge in [0.05, 0.1) is 5.02 Å². The number of carbonyl (C=O) groups excluding carboxylic acids is 3. The van der Waals surface area contributed by atoms with E-state index in [-0.39, 0.29) is 17.7 Å². The Labute approximate surface area is 178 Å². The lowest BCUT2D eigenvalue weighted by Gasteiger charge is -2.16. The van der Waals surface area contributed by atoms with Crippen LogP contribution in [-0.2, 0) is 9.59 Å². The third-order valence-electron chi connectivity index (χ3n) is 3.77. The van der Waals surface area contributed by atoms with Crippen LogP contribution in [0.1, 0.15) is 24.2 Å². The van der Waals surface area contributed by atoms with E-state index in [9.17, 15) is 14.4 Å². The molecule has 3 N–H and O–H groups in total. The number of ether oxygens (including phenoxy) is 1. The molecular formula is C20H21Cl2N3O4. The minimum Gasteiger partial charge on any atom is -0.479 e. The number of hydrogen-bond donors (Lipinski definition) is 3. The Bertz CT molecular complexity index is 888. The summed E-state index contributed by atoms with van der Waals surface area (Å²) in [5, 5.41) is 8.77. The number of benzene rings is 2. The van der Waals surface area contributed by atoms with Gasteiger partial charge in [-0.25, -0.2) is 0 Å². The Morgan fingerprint density at radius 3 is 2.28 bits per heavy atom. The first-order chi connectivity index (χ1) is 13.8. The molecule has 9 heteroatoms. The molecule has 0 heterocycles. The van der Waals surface area contributed by atoms with E-state index in [0.29, 0.717) is 40.1 Å². The van der Waals surface area contributed by atoms with Crippen LogP contribution in [0.4, 0.5) is 5.69 Å². The van der Waals surface area contributed by atoms with Gasteiger partial charge in [-0.05, 0) is 49.4 Å². The minimum absolute atomic E-state index is 0.157. The van der Waals surface area contributed by atoms with E-state index in [1.54, 1.807) is 43.3 Å². The van der Waals surface area contributed by atoms with Crippen molar-refractivity contribution in [3.63, 3.8) is 0 Å². The summed E-state index contributed by atoms with van der Waals surface area (Å²) in [6.07, 6.45) is -0.801. The molecule has 0 saturated heterocycles. The van der Waals surface area contributed by atoms with E-state index in [2.05, 4.69) is 16.0 Å². The van der Waals surface area contributed by atoms with Crippen molar-refractivity contribution in [2.75, 3.05) is 18.4 Å². The SMILES string of the molecule is CC(=O)NCCNC(=O)c1ccc(NC(=O)C(C)Oc2ccc(Cl)cc2Cl)cc1. The quantitative estimate of drug-likeness (QED) is 0.552. The molecule has 0 aliphatic rings. The number of carbonyl (C=O) groups is 3. The first kappa shape index (κ1) is 22.5. The molecular weight excluding hydrogens is 417 g/mol. The molecule has 3 amide bonds. The first-order valence-corrected chi connectivity index (χ1v) is 9.57. The lowest BCUT2D eigenvalue weighted by molar-refractivity contribution is -0.122. The second-order valence-electron chi connectivity index (χ2n) is 6.14. The van der Waals surface area contributed by atoms with Gasteiger partial charge < -0.3 is 20.7 Å². The second-order valence-corrected chi connectivity index (χ2v) is 6.98. The summed E-state index contributed by atoms with van der Waals surface area (Å²) in [6, 6.07) is 11.1. The second kappa shape index (κ2) is 10.7. The molecule has 2 aromatic rings. The van der Waals surface area contributed by atoms with E-state index >= 15 is 0 Å². The highest BCUT2D eigenvalue weighted by molar-refractivity contribution is 6.35. The average molecular weight is 438 g/mol. The molecule has 0 aliphatic heterocycles. The van der Waals surface area contributed by atoms with Gasteiger partial charge in [-0.3, -0.25) is 14.4 Å². The maximum Gasteiger partial charge on any atom is 0.265 e. The molecule has 0 aliphatic carbocycles. The molecule has 0 spiro atoms. The molecule has 0 bridgehead atoms. The van der Waals surface area contributed by atoms with Crippen LogP contribution in [0.25, 0.3) is 0 Å². The van der Waals surface area contributed by atoms with Gasteiger partial charge in [-0.1, -0.05) is 23.2 Å². The highest BCUT2D eigenvalue weighted by Gasteiger charge is 2.17. The average Bonchev–Trinajstić information content (AvgIpc) is 2.67. The van der Waals surface area contributed by atoms with Crippen LogP contribution in [0, 0.1) is 0 Å². The number of hydrogen-bond acceptors (Lipinski definition) is 4. The Balaban J connectivity index is 1.87. The number of halogens is 2. The normalized spacial score (nSPS) is 11.3. The molecule has 0 fully saturated rings. The summed E-state index contributed by atoms with van der Waals surface area (Å²) in [7, 11) is 0. The number of rotatable bonds is 8. The number of nitrogens with one attached hydrogen (secondary N) is 3.